The number of ether oxygens (including phenoxy) is 2. The molecule has 0 spiro atoms. The number of halogens is 1. The summed E-state index contributed by atoms with van der Waals surface area (Å²) in [6, 6.07) is 8.57. The molecule has 3 rings (SSSR count). The van der Waals surface area contributed by atoms with Crippen molar-refractivity contribution >= 4 is 44.9 Å². The van der Waals surface area contributed by atoms with Gasteiger partial charge in [-0.2, -0.15) is 4.31 Å². The maximum absolute atomic E-state index is 12.7. The van der Waals surface area contributed by atoms with Gasteiger partial charge in [0, 0.05) is 24.8 Å². The van der Waals surface area contributed by atoms with Crippen LogP contribution in [0.25, 0.3) is 0 Å². The molecule has 1 heterocycles. The molecule has 2 aromatic carbocycles. The zero-order chi connectivity index (χ0) is 24.2. The topological polar surface area (TPSA) is 128 Å². The van der Waals surface area contributed by atoms with Crippen LogP contribution in [0.5, 0.6) is 5.75 Å². The lowest BCUT2D eigenvalue weighted by molar-refractivity contribution is -0.123. The number of hydrogen-bond donors (Lipinski definition) is 2. The van der Waals surface area contributed by atoms with Gasteiger partial charge < -0.3 is 20.5 Å². The number of rotatable bonds is 7. The van der Waals surface area contributed by atoms with Gasteiger partial charge in [0.1, 0.15) is 11.3 Å². The van der Waals surface area contributed by atoms with E-state index in [0.29, 0.717) is 18.8 Å². The third-order valence-electron chi connectivity index (χ3n) is 5.27. The summed E-state index contributed by atoms with van der Waals surface area (Å²) in [7, 11) is -2.20. The molecular weight excluding hydrogens is 470 g/mol. The highest BCUT2D eigenvalue weighted by molar-refractivity contribution is 7.89. The summed E-state index contributed by atoms with van der Waals surface area (Å²) in [5.74, 6) is -1.23. The summed E-state index contributed by atoms with van der Waals surface area (Å²) >= 11 is 5.97. The zero-order valence-corrected chi connectivity index (χ0v) is 19.9. The molecule has 1 saturated heterocycles. The number of anilines is 2. The fourth-order valence-corrected chi connectivity index (χ4v) is 5.06. The van der Waals surface area contributed by atoms with Crippen molar-refractivity contribution in [1.29, 1.82) is 0 Å². The summed E-state index contributed by atoms with van der Waals surface area (Å²) in [5.41, 5.74) is 6.35. The van der Waals surface area contributed by atoms with E-state index in [-0.39, 0.29) is 26.9 Å². The number of nitrogen functional groups attached to an aromatic ring is 1. The first-order valence-corrected chi connectivity index (χ1v) is 12.2. The van der Waals surface area contributed by atoms with Gasteiger partial charge in [0.15, 0.2) is 6.10 Å². The van der Waals surface area contributed by atoms with E-state index >= 15 is 0 Å². The van der Waals surface area contributed by atoms with E-state index in [0.717, 1.165) is 19.3 Å². The third kappa shape index (κ3) is 5.76. The van der Waals surface area contributed by atoms with Gasteiger partial charge in [0.25, 0.3) is 5.91 Å². The Morgan fingerprint density at radius 3 is 2.36 bits per heavy atom. The Kier molecular flexibility index (Phi) is 7.83. The number of methoxy groups -OCH3 is 1. The number of benzene rings is 2. The highest BCUT2D eigenvalue weighted by Crippen LogP contribution is 2.29. The molecule has 0 bridgehead atoms. The van der Waals surface area contributed by atoms with Crippen molar-refractivity contribution in [3.05, 3.63) is 47.0 Å². The number of amides is 1. The lowest BCUT2D eigenvalue weighted by Crippen LogP contribution is -2.35. The molecule has 0 aromatic heterocycles. The Bertz CT molecular complexity index is 1130. The maximum atomic E-state index is 12.7. The van der Waals surface area contributed by atoms with Gasteiger partial charge in [-0.3, -0.25) is 4.79 Å². The maximum Gasteiger partial charge on any atom is 0.342 e. The Labute approximate surface area is 197 Å². The quantitative estimate of drug-likeness (QED) is 0.445. The van der Waals surface area contributed by atoms with E-state index in [1.807, 2.05) is 0 Å². The number of carbonyl (C=O) groups is 2. The van der Waals surface area contributed by atoms with Crippen LogP contribution in [0.2, 0.25) is 5.02 Å². The fraction of sp³-hybridized carbons (Fsp3) is 0.364. The summed E-state index contributed by atoms with van der Waals surface area (Å²) in [6.45, 7) is 2.43. The molecule has 1 aliphatic rings. The number of esters is 1. The molecule has 178 valence electrons. The van der Waals surface area contributed by atoms with Crippen molar-refractivity contribution in [1.82, 2.24) is 4.31 Å². The second-order valence-electron chi connectivity index (χ2n) is 7.60. The van der Waals surface area contributed by atoms with Crippen molar-refractivity contribution in [3.63, 3.8) is 0 Å². The summed E-state index contributed by atoms with van der Waals surface area (Å²) in [6.07, 6.45) is 1.57. The van der Waals surface area contributed by atoms with E-state index in [1.165, 1.54) is 54.7 Å². The Balaban J connectivity index is 1.64. The van der Waals surface area contributed by atoms with Gasteiger partial charge in [-0.15, -0.1) is 0 Å². The van der Waals surface area contributed by atoms with Crippen molar-refractivity contribution in [2.75, 3.05) is 31.2 Å². The van der Waals surface area contributed by atoms with Crippen LogP contribution in [0, 0.1) is 0 Å². The molecule has 0 aliphatic carbocycles. The summed E-state index contributed by atoms with van der Waals surface area (Å²) in [4.78, 5) is 25.2. The lowest BCUT2D eigenvalue weighted by Gasteiger charge is -2.25. The summed E-state index contributed by atoms with van der Waals surface area (Å²) < 4.78 is 37.3. The van der Waals surface area contributed by atoms with Crippen molar-refractivity contribution in [2.45, 2.75) is 37.2 Å². The van der Waals surface area contributed by atoms with Crippen LogP contribution in [0.4, 0.5) is 11.4 Å². The van der Waals surface area contributed by atoms with Crippen LogP contribution >= 0.6 is 11.6 Å². The van der Waals surface area contributed by atoms with E-state index in [9.17, 15) is 18.0 Å². The average molecular weight is 496 g/mol. The zero-order valence-electron chi connectivity index (χ0n) is 18.3. The molecule has 9 nitrogen and oxygen atoms in total. The molecule has 0 radical (unpaired) electrons. The highest BCUT2D eigenvalue weighted by atomic mass is 35.5. The number of nitrogens with zero attached hydrogens (tertiary/aromatic N) is 1. The number of nitrogens with one attached hydrogen (secondary N) is 1. The molecule has 33 heavy (non-hydrogen) atoms. The van der Waals surface area contributed by atoms with Gasteiger partial charge in [-0.1, -0.05) is 18.0 Å². The molecule has 1 atom stereocenters. The molecular formula is C22H26ClN3O6S. The number of carbonyl (C=O) groups excluding carboxylic acids is 2. The second-order valence-corrected chi connectivity index (χ2v) is 9.95. The standard InChI is InChI=1S/C22H26ClN3O6S/c1-14(32-22(28)17-12-18(23)19(24)13-20(17)31-2)21(27)25-15-6-8-16(9-7-15)33(29,30)26-10-4-3-5-11-26/h6-9,12-14H,3-5,10-11,24H2,1-2H3,(H,25,27). The smallest absolute Gasteiger partial charge is 0.342 e. The normalized spacial score (nSPS) is 15.5. The van der Waals surface area contributed by atoms with Gasteiger partial charge in [0.05, 0.1) is 22.7 Å². The van der Waals surface area contributed by atoms with Crippen LogP contribution in [0.1, 0.15) is 36.5 Å². The number of nitrogens with two attached hydrogens (primary N) is 1. The molecule has 1 unspecified atom stereocenters. The lowest BCUT2D eigenvalue weighted by atomic mass is 10.2. The molecule has 1 fully saturated rings. The second kappa shape index (κ2) is 10.4. The summed E-state index contributed by atoms with van der Waals surface area (Å²) in [5, 5.41) is 2.76. The van der Waals surface area contributed by atoms with Gasteiger partial charge >= 0.3 is 5.97 Å². The van der Waals surface area contributed by atoms with Gasteiger partial charge in [0.2, 0.25) is 10.0 Å². The van der Waals surface area contributed by atoms with Crippen molar-refractivity contribution < 1.29 is 27.5 Å². The van der Waals surface area contributed by atoms with E-state index in [1.54, 1.807) is 0 Å². The Hall–Kier alpha value is -2.82. The van der Waals surface area contributed by atoms with Crippen LogP contribution in [0.15, 0.2) is 41.3 Å². The monoisotopic (exact) mass is 495 g/mol. The number of hydrogen-bond acceptors (Lipinski definition) is 7. The minimum absolute atomic E-state index is 0.0311. The van der Waals surface area contributed by atoms with Crippen LogP contribution < -0.4 is 15.8 Å². The Morgan fingerprint density at radius 2 is 1.76 bits per heavy atom. The SMILES string of the molecule is COc1cc(N)c(Cl)cc1C(=O)OC(C)C(=O)Nc1ccc(S(=O)(=O)N2CCCCC2)cc1. The van der Waals surface area contributed by atoms with E-state index in [2.05, 4.69) is 5.32 Å². The van der Waals surface area contributed by atoms with Crippen LogP contribution in [-0.2, 0) is 19.6 Å². The van der Waals surface area contributed by atoms with Gasteiger partial charge in [-0.05, 0) is 50.1 Å². The number of sulfonamides is 1. The minimum Gasteiger partial charge on any atom is -0.496 e. The molecule has 1 amide bonds. The molecule has 1 aliphatic heterocycles. The first-order chi connectivity index (χ1) is 15.6. The third-order valence-corrected chi connectivity index (χ3v) is 7.51. The van der Waals surface area contributed by atoms with E-state index < -0.39 is 28.0 Å². The first kappa shape index (κ1) is 24.8. The molecule has 3 N–H and O–H groups in total. The van der Waals surface area contributed by atoms with Crippen molar-refractivity contribution in [3.8, 4) is 5.75 Å². The van der Waals surface area contributed by atoms with Crippen molar-refractivity contribution in [2.24, 2.45) is 0 Å². The van der Waals surface area contributed by atoms with Gasteiger partial charge in [-0.25, -0.2) is 13.2 Å². The molecule has 2 aromatic rings. The first-order valence-electron chi connectivity index (χ1n) is 10.4. The largest absolute Gasteiger partial charge is 0.496 e. The van der Waals surface area contributed by atoms with Crippen LogP contribution in [0.3, 0.4) is 0 Å². The van der Waals surface area contributed by atoms with Crippen LogP contribution in [-0.4, -0.2) is 50.9 Å². The fourth-order valence-electron chi connectivity index (χ4n) is 3.38. The Morgan fingerprint density at radius 1 is 1.12 bits per heavy atom. The molecule has 11 heteroatoms. The van der Waals surface area contributed by atoms with E-state index in [4.69, 9.17) is 26.8 Å². The predicted octanol–water partition coefficient (Wildman–Crippen LogP) is 3.29. The average Bonchev–Trinajstić information content (AvgIpc) is 2.81. The highest BCUT2D eigenvalue weighted by Gasteiger charge is 2.26. The predicted molar refractivity (Wildman–Crippen MR) is 125 cm³/mol. The minimum atomic E-state index is -3.56. The number of piperidine rings is 1. The molecule has 0 saturated carbocycles.